The molecule has 2 aliphatic heterocycles. The third-order valence-electron chi connectivity index (χ3n) is 5.32. The first-order chi connectivity index (χ1) is 14.6. The zero-order chi connectivity index (χ0) is 22.6. The molecule has 0 spiro atoms. The minimum absolute atomic E-state index is 0.0958. The molecule has 2 aliphatic rings. The molecule has 31 heavy (non-hydrogen) atoms. The summed E-state index contributed by atoms with van der Waals surface area (Å²) in [7, 11) is 0. The zero-order valence-electron chi connectivity index (χ0n) is 18.2. The standard InChI is InChI=1S/C22H31N3O6/c1-22(2,3)30-21(28)31-25-11-16-9-24(10-17(12-25)20(16)27)13-18(26)14-29-19-6-4-15(8-23)5-7-19/h4-7,16-18,20,26-27H,9-14H2,1-3H3. The number of aliphatic hydroxyl groups is 2. The number of β-amino-alcohol motifs (C(OH)–C–C–N with tert-alkyl or cyclic N) is 1. The number of rotatable bonds is 6. The van der Waals surface area contributed by atoms with Crippen molar-refractivity contribution < 1.29 is 29.3 Å². The van der Waals surface area contributed by atoms with E-state index in [4.69, 9.17) is 19.6 Å². The fourth-order valence-corrected chi connectivity index (χ4v) is 4.03. The number of benzene rings is 1. The van der Waals surface area contributed by atoms with Gasteiger partial charge in [-0.1, -0.05) is 0 Å². The monoisotopic (exact) mass is 433 g/mol. The van der Waals surface area contributed by atoms with Gasteiger partial charge in [0.1, 0.15) is 24.1 Å². The van der Waals surface area contributed by atoms with Gasteiger partial charge in [0, 0.05) is 44.6 Å². The minimum atomic E-state index is -0.741. The number of carbonyl (C=O) groups is 1. The van der Waals surface area contributed by atoms with Crippen LogP contribution in [0.15, 0.2) is 24.3 Å². The van der Waals surface area contributed by atoms with E-state index < -0.39 is 24.0 Å². The highest BCUT2D eigenvalue weighted by atomic mass is 16.8. The molecule has 0 amide bonds. The lowest BCUT2D eigenvalue weighted by Crippen LogP contribution is -2.61. The van der Waals surface area contributed by atoms with Crippen molar-refractivity contribution in [1.29, 1.82) is 5.26 Å². The van der Waals surface area contributed by atoms with Crippen molar-refractivity contribution in [3.8, 4) is 11.8 Å². The Balaban J connectivity index is 1.46. The summed E-state index contributed by atoms with van der Waals surface area (Å²) in [5.74, 6) is 0.405. The molecule has 2 saturated heterocycles. The van der Waals surface area contributed by atoms with Crippen molar-refractivity contribution in [3.05, 3.63) is 29.8 Å². The molecule has 170 valence electrons. The highest BCUT2D eigenvalue weighted by Gasteiger charge is 2.43. The van der Waals surface area contributed by atoms with E-state index in [1.165, 1.54) is 0 Å². The van der Waals surface area contributed by atoms with Gasteiger partial charge in [-0.2, -0.15) is 5.26 Å². The first-order valence-corrected chi connectivity index (χ1v) is 10.5. The Kier molecular flexibility index (Phi) is 7.38. The average Bonchev–Trinajstić information content (AvgIpc) is 2.67. The Bertz CT molecular complexity index is 772. The van der Waals surface area contributed by atoms with E-state index in [1.807, 2.05) is 6.07 Å². The predicted octanol–water partition coefficient (Wildman–Crippen LogP) is 1.39. The second kappa shape index (κ2) is 9.83. The van der Waals surface area contributed by atoms with Crippen LogP contribution in [0, 0.1) is 23.2 Å². The van der Waals surface area contributed by atoms with Crippen LogP contribution in [0.3, 0.4) is 0 Å². The fraction of sp³-hybridized carbons (Fsp3) is 0.636. The van der Waals surface area contributed by atoms with Crippen LogP contribution >= 0.6 is 0 Å². The van der Waals surface area contributed by atoms with Crippen molar-refractivity contribution in [2.24, 2.45) is 11.8 Å². The Morgan fingerprint density at radius 3 is 2.35 bits per heavy atom. The lowest BCUT2D eigenvalue weighted by molar-refractivity contribution is -0.204. The second-order valence-corrected chi connectivity index (χ2v) is 9.23. The van der Waals surface area contributed by atoms with Gasteiger partial charge in [0.25, 0.3) is 0 Å². The highest BCUT2D eigenvalue weighted by Crippen LogP contribution is 2.29. The van der Waals surface area contributed by atoms with E-state index in [1.54, 1.807) is 50.1 Å². The van der Waals surface area contributed by atoms with Crippen LogP contribution in [0.1, 0.15) is 26.3 Å². The normalized spacial score (nSPS) is 25.4. The summed E-state index contributed by atoms with van der Waals surface area (Å²) in [5, 5.41) is 31.3. The molecule has 2 N–H and O–H groups in total. The van der Waals surface area contributed by atoms with Crippen molar-refractivity contribution in [1.82, 2.24) is 9.96 Å². The summed E-state index contributed by atoms with van der Waals surface area (Å²) >= 11 is 0. The number of carbonyl (C=O) groups excluding carboxylic acids is 1. The van der Waals surface area contributed by atoms with E-state index in [9.17, 15) is 15.0 Å². The first-order valence-electron chi connectivity index (χ1n) is 10.5. The number of hydroxylamine groups is 2. The van der Waals surface area contributed by atoms with Crippen molar-refractivity contribution in [3.63, 3.8) is 0 Å². The third kappa shape index (κ3) is 6.80. The van der Waals surface area contributed by atoms with Gasteiger partial charge in [-0.05, 0) is 45.0 Å². The number of likely N-dealkylation sites (tertiary alicyclic amines) is 1. The Morgan fingerprint density at radius 2 is 1.81 bits per heavy atom. The van der Waals surface area contributed by atoms with Crippen molar-refractivity contribution in [2.75, 3.05) is 39.3 Å². The molecule has 3 unspecified atom stereocenters. The maximum absolute atomic E-state index is 11.9. The average molecular weight is 434 g/mol. The number of nitrogens with zero attached hydrogens (tertiary/aromatic N) is 3. The number of nitriles is 1. The number of fused-ring (bicyclic) bond motifs is 2. The van der Waals surface area contributed by atoms with Gasteiger partial charge in [0.15, 0.2) is 0 Å². The van der Waals surface area contributed by atoms with E-state index in [-0.39, 0.29) is 18.4 Å². The summed E-state index contributed by atoms with van der Waals surface area (Å²) in [4.78, 5) is 19.4. The van der Waals surface area contributed by atoms with Gasteiger partial charge in [-0.25, -0.2) is 4.79 Å². The van der Waals surface area contributed by atoms with Crippen LogP contribution in [0.4, 0.5) is 4.79 Å². The third-order valence-corrected chi connectivity index (χ3v) is 5.32. The largest absolute Gasteiger partial charge is 0.528 e. The van der Waals surface area contributed by atoms with Gasteiger partial charge in [-0.15, -0.1) is 5.06 Å². The van der Waals surface area contributed by atoms with Gasteiger partial charge in [0.2, 0.25) is 0 Å². The summed E-state index contributed by atoms with van der Waals surface area (Å²) in [6.07, 6.45) is -1.91. The smallest absolute Gasteiger partial charge is 0.491 e. The molecule has 2 heterocycles. The van der Waals surface area contributed by atoms with E-state index in [0.717, 1.165) is 0 Å². The van der Waals surface area contributed by atoms with Crippen molar-refractivity contribution in [2.45, 2.75) is 38.6 Å². The van der Waals surface area contributed by atoms with E-state index in [2.05, 4.69) is 4.90 Å². The number of aliphatic hydroxyl groups excluding tert-OH is 2. The summed E-state index contributed by atoms with van der Waals surface area (Å²) < 4.78 is 10.8. The molecule has 3 rings (SSSR count). The zero-order valence-corrected chi connectivity index (χ0v) is 18.2. The lowest BCUT2D eigenvalue weighted by atomic mass is 9.82. The van der Waals surface area contributed by atoms with Crippen LogP contribution in [0.5, 0.6) is 5.75 Å². The molecule has 0 saturated carbocycles. The van der Waals surface area contributed by atoms with Gasteiger partial charge < -0.3 is 24.5 Å². The molecule has 2 fully saturated rings. The minimum Gasteiger partial charge on any atom is -0.491 e. The second-order valence-electron chi connectivity index (χ2n) is 9.23. The molecule has 2 bridgehead atoms. The Morgan fingerprint density at radius 1 is 1.19 bits per heavy atom. The highest BCUT2D eigenvalue weighted by molar-refractivity contribution is 5.60. The molecular formula is C22H31N3O6. The van der Waals surface area contributed by atoms with Gasteiger partial charge in [-0.3, -0.25) is 4.90 Å². The molecule has 1 aromatic rings. The van der Waals surface area contributed by atoms with Crippen LogP contribution in [-0.2, 0) is 9.57 Å². The molecule has 9 nitrogen and oxygen atoms in total. The number of piperidine rings is 2. The lowest BCUT2D eigenvalue weighted by Gasteiger charge is -2.48. The molecular weight excluding hydrogens is 402 g/mol. The molecule has 0 radical (unpaired) electrons. The quantitative estimate of drug-likeness (QED) is 0.642. The molecule has 3 atom stereocenters. The maximum atomic E-state index is 11.9. The topological polar surface area (TPSA) is 115 Å². The number of ether oxygens (including phenoxy) is 2. The first kappa shape index (κ1) is 23.3. The summed E-state index contributed by atoms with van der Waals surface area (Å²) in [6.45, 7) is 7.86. The van der Waals surface area contributed by atoms with Gasteiger partial charge in [0.05, 0.1) is 17.7 Å². The van der Waals surface area contributed by atoms with Crippen molar-refractivity contribution >= 4 is 6.16 Å². The molecule has 9 heteroatoms. The SMILES string of the molecule is CC(C)(C)OC(=O)ON1CC2CN(CC(O)COc3ccc(C#N)cc3)CC(C1)C2O. The summed E-state index contributed by atoms with van der Waals surface area (Å²) in [5.41, 5.74) is -0.0781. The molecule has 1 aromatic carbocycles. The van der Waals surface area contributed by atoms with E-state index in [0.29, 0.717) is 44.0 Å². The molecule has 0 aliphatic carbocycles. The van der Waals surface area contributed by atoms with Crippen LogP contribution in [0.2, 0.25) is 0 Å². The Labute approximate surface area is 182 Å². The maximum Gasteiger partial charge on any atom is 0.528 e. The van der Waals surface area contributed by atoms with Gasteiger partial charge >= 0.3 is 6.16 Å². The fourth-order valence-electron chi connectivity index (χ4n) is 4.03. The van der Waals surface area contributed by atoms with Crippen LogP contribution in [0.25, 0.3) is 0 Å². The Hall–Kier alpha value is -2.38. The number of hydrogen-bond donors (Lipinski definition) is 2. The number of hydrogen-bond acceptors (Lipinski definition) is 9. The summed E-state index contributed by atoms with van der Waals surface area (Å²) in [6, 6.07) is 8.78. The van der Waals surface area contributed by atoms with E-state index >= 15 is 0 Å². The molecule has 0 aromatic heterocycles. The van der Waals surface area contributed by atoms with Crippen LogP contribution in [-0.4, -0.2) is 83.5 Å². The van der Waals surface area contributed by atoms with Crippen LogP contribution < -0.4 is 4.74 Å². The predicted molar refractivity (Wildman–Crippen MR) is 111 cm³/mol.